The second kappa shape index (κ2) is 11.7. The first-order chi connectivity index (χ1) is 23.3. The maximum absolute atomic E-state index is 6.66. The van der Waals surface area contributed by atoms with Crippen LogP contribution in [0.2, 0.25) is 0 Å². The van der Waals surface area contributed by atoms with Gasteiger partial charge in [0.25, 0.3) is 0 Å². The average molecular weight is 817 g/mol. The van der Waals surface area contributed by atoms with Crippen LogP contribution in [0.3, 0.4) is 0 Å². The summed E-state index contributed by atoms with van der Waals surface area (Å²) in [5, 5.41) is 5.16. The molecule has 0 unspecified atom stereocenters. The van der Waals surface area contributed by atoms with Crippen molar-refractivity contribution in [1.29, 1.82) is 0 Å². The van der Waals surface area contributed by atoms with E-state index in [4.69, 9.17) is 19.7 Å². The van der Waals surface area contributed by atoms with Gasteiger partial charge in [-0.25, -0.2) is 9.97 Å². The van der Waals surface area contributed by atoms with E-state index in [9.17, 15) is 0 Å². The van der Waals surface area contributed by atoms with Crippen LogP contribution in [0.25, 0.3) is 66.3 Å². The third kappa shape index (κ3) is 5.10. The summed E-state index contributed by atoms with van der Waals surface area (Å²) < 4.78 is 10.9. The van der Waals surface area contributed by atoms with Gasteiger partial charge >= 0.3 is 21.1 Å². The van der Waals surface area contributed by atoms with Gasteiger partial charge in [-0.05, 0) is 47.6 Å². The molecule has 6 nitrogen and oxygen atoms in total. The number of nitrogens with zero attached hydrogens (tertiary/aromatic N) is 5. The van der Waals surface area contributed by atoms with E-state index in [1.54, 1.807) is 0 Å². The van der Waals surface area contributed by atoms with Gasteiger partial charge < -0.3 is 13.7 Å². The predicted octanol–water partition coefficient (Wildman–Crippen LogP) is 10.2. The molecule has 0 saturated heterocycles. The van der Waals surface area contributed by atoms with Gasteiger partial charge in [0, 0.05) is 46.4 Å². The summed E-state index contributed by atoms with van der Waals surface area (Å²) in [4.78, 5) is 14.7. The number of imidazole rings is 1. The van der Waals surface area contributed by atoms with Crippen LogP contribution in [-0.4, -0.2) is 23.9 Å². The Morgan fingerprint density at radius 3 is 2.18 bits per heavy atom. The fraction of sp³-hybridized carbons (Fsp3) is 0.119. The van der Waals surface area contributed by atoms with Crippen molar-refractivity contribution in [3.63, 3.8) is 0 Å². The van der Waals surface area contributed by atoms with E-state index in [1.165, 1.54) is 5.56 Å². The van der Waals surface area contributed by atoms with Crippen molar-refractivity contribution < 1.29 is 25.8 Å². The Bertz CT molecular complexity index is 2660. The zero-order chi connectivity index (χ0) is 32.6. The fourth-order valence-corrected chi connectivity index (χ4v) is 6.74. The smallest absolute Gasteiger partial charge is 0.503 e. The topological polar surface area (TPSA) is 57.2 Å². The standard InChI is InChI=1S/C42H31N5O.Pt/c1-26-11-5-6-12-31(26)37-25-46-39-34(14-9-19-43-39)32-18-17-29(24-36(32)41(46)45-37)48-30-22-27(42(2,3)4)21-28(23-30)47-38-16-8-7-13-33(38)35-15-10-20-44-40(35)47;/h5-22,25H,1-4H3;/q-2;+2. The summed E-state index contributed by atoms with van der Waals surface area (Å²) in [6, 6.07) is 40.4. The zero-order valence-corrected chi connectivity index (χ0v) is 29.7. The van der Waals surface area contributed by atoms with Crippen LogP contribution in [0.5, 0.6) is 11.5 Å². The number of benzene rings is 4. The van der Waals surface area contributed by atoms with Crippen LogP contribution < -0.4 is 4.74 Å². The quantitative estimate of drug-likeness (QED) is 0.131. The van der Waals surface area contributed by atoms with E-state index in [1.807, 2.05) is 42.7 Å². The summed E-state index contributed by atoms with van der Waals surface area (Å²) in [6.45, 7) is 8.74. The SMILES string of the molecule is Cc1ccccc1-c1cn2c(n1)c1[c-]c(Oc3[c-]c(-n4c5ccccc5c5cccnc54)cc(C(C)(C)C)c3)ccc1c1cccnc12.[Pt+2]. The van der Waals surface area contributed by atoms with Crippen molar-refractivity contribution in [3.8, 4) is 28.4 Å². The van der Waals surface area contributed by atoms with Crippen molar-refractivity contribution in [3.05, 3.63) is 139 Å². The molecule has 0 spiro atoms. The normalized spacial score (nSPS) is 11.9. The van der Waals surface area contributed by atoms with E-state index >= 15 is 0 Å². The van der Waals surface area contributed by atoms with Crippen LogP contribution in [-0.2, 0) is 26.5 Å². The van der Waals surface area contributed by atoms with Gasteiger partial charge in [0.05, 0.1) is 16.9 Å². The van der Waals surface area contributed by atoms with Gasteiger partial charge in [0.2, 0.25) is 0 Å². The molecular formula is C42H31N5OPt. The summed E-state index contributed by atoms with van der Waals surface area (Å²) in [5.74, 6) is 1.19. The Morgan fingerprint density at radius 1 is 0.673 bits per heavy atom. The number of para-hydroxylation sites is 1. The van der Waals surface area contributed by atoms with Crippen molar-refractivity contribution >= 4 is 49.4 Å². The summed E-state index contributed by atoms with van der Waals surface area (Å²) in [5.41, 5.74) is 8.60. The summed E-state index contributed by atoms with van der Waals surface area (Å²) in [7, 11) is 0. The zero-order valence-electron chi connectivity index (χ0n) is 27.4. The molecule has 0 bridgehead atoms. The molecule has 0 fully saturated rings. The molecule has 0 aliphatic heterocycles. The van der Waals surface area contributed by atoms with Crippen molar-refractivity contribution in [2.75, 3.05) is 0 Å². The van der Waals surface area contributed by atoms with Crippen LogP contribution in [0.4, 0.5) is 0 Å². The monoisotopic (exact) mass is 816 g/mol. The molecule has 49 heavy (non-hydrogen) atoms. The number of fused-ring (bicyclic) bond motifs is 9. The number of hydrogen-bond donors (Lipinski definition) is 0. The molecule has 0 amide bonds. The molecule has 9 rings (SSSR count). The van der Waals surface area contributed by atoms with Gasteiger partial charge in [-0.3, -0.25) is 4.98 Å². The van der Waals surface area contributed by atoms with Gasteiger partial charge in [-0.2, -0.15) is 0 Å². The minimum Gasteiger partial charge on any atom is -0.503 e. The van der Waals surface area contributed by atoms with E-state index in [-0.39, 0.29) is 26.5 Å². The van der Waals surface area contributed by atoms with Crippen LogP contribution in [0.1, 0.15) is 31.9 Å². The van der Waals surface area contributed by atoms with Crippen molar-refractivity contribution in [2.24, 2.45) is 0 Å². The molecule has 5 aromatic heterocycles. The third-order valence-electron chi connectivity index (χ3n) is 9.17. The fourth-order valence-electron chi connectivity index (χ4n) is 6.74. The first-order valence-corrected chi connectivity index (χ1v) is 16.1. The predicted molar refractivity (Wildman–Crippen MR) is 193 cm³/mol. The van der Waals surface area contributed by atoms with Gasteiger partial charge in [0.1, 0.15) is 11.3 Å². The molecule has 0 N–H and O–H groups in total. The van der Waals surface area contributed by atoms with E-state index < -0.39 is 0 Å². The number of aryl methyl sites for hydroxylation is 1. The maximum Gasteiger partial charge on any atom is 2.00 e. The van der Waals surface area contributed by atoms with Gasteiger partial charge in [0.15, 0.2) is 0 Å². The van der Waals surface area contributed by atoms with Crippen LogP contribution >= 0.6 is 0 Å². The minimum absolute atomic E-state index is 0. The Labute approximate surface area is 298 Å². The molecule has 0 aliphatic carbocycles. The second-order valence-electron chi connectivity index (χ2n) is 13.3. The molecule has 0 aliphatic rings. The summed E-state index contributed by atoms with van der Waals surface area (Å²) in [6.07, 6.45) is 5.73. The molecule has 0 atom stereocenters. The molecule has 7 heteroatoms. The van der Waals surface area contributed by atoms with Crippen molar-refractivity contribution in [1.82, 2.24) is 23.9 Å². The number of ether oxygens (including phenoxy) is 1. The number of rotatable bonds is 4. The first kappa shape index (κ1) is 31.0. The Hall–Kier alpha value is -5.32. The van der Waals surface area contributed by atoms with E-state index in [2.05, 4.69) is 122 Å². The molecule has 0 radical (unpaired) electrons. The Morgan fingerprint density at radius 2 is 1.39 bits per heavy atom. The Balaban J connectivity index is 0.00000348. The maximum atomic E-state index is 6.66. The van der Waals surface area contributed by atoms with E-state index in [0.29, 0.717) is 11.5 Å². The molecule has 5 heterocycles. The molecular weight excluding hydrogens is 786 g/mol. The van der Waals surface area contributed by atoms with Crippen LogP contribution in [0.15, 0.2) is 116 Å². The number of pyridine rings is 3. The average Bonchev–Trinajstić information content (AvgIpc) is 3.69. The van der Waals surface area contributed by atoms with Crippen LogP contribution in [0, 0.1) is 19.1 Å². The second-order valence-corrected chi connectivity index (χ2v) is 13.3. The number of hydrogen-bond acceptors (Lipinski definition) is 4. The molecule has 0 saturated carbocycles. The summed E-state index contributed by atoms with van der Waals surface area (Å²) >= 11 is 0. The first-order valence-electron chi connectivity index (χ1n) is 16.1. The Kier molecular flexibility index (Phi) is 7.38. The minimum atomic E-state index is -0.138. The largest absolute Gasteiger partial charge is 2.00 e. The number of aromatic nitrogens is 5. The third-order valence-corrected chi connectivity index (χ3v) is 9.17. The van der Waals surface area contributed by atoms with Crippen molar-refractivity contribution in [2.45, 2.75) is 33.1 Å². The molecule has 9 aromatic rings. The molecule has 4 aromatic carbocycles. The van der Waals surface area contributed by atoms with Gasteiger partial charge in [-0.1, -0.05) is 91.8 Å². The molecule has 240 valence electrons. The van der Waals surface area contributed by atoms with Gasteiger partial charge in [-0.15, -0.1) is 35.9 Å². The van der Waals surface area contributed by atoms with E-state index in [0.717, 1.165) is 71.9 Å².